The van der Waals surface area contributed by atoms with Gasteiger partial charge in [0, 0.05) is 11.6 Å². The summed E-state index contributed by atoms with van der Waals surface area (Å²) in [7, 11) is 0. The van der Waals surface area contributed by atoms with Crippen molar-refractivity contribution in [2.24, 2.45) is 5.73 Å². The van der Waals surface area contributed by atoms with Crippen molar-refractivity contribution < 1.29 is 30.7 Å². The maximum Gasteiger partial charge on any atom is 0.419 e. The first-order chi connectivity index (χ1) is 8.02. The predicted octanol–water partition coefficient (Wildman–Crippen LogP) is 3.80. The number of hydrogen-bond acceptors (Lipinski definition) is 1. The van der Waals surface area contributed by atoms with Crippen molar-refractivity contribution in [3.8, 4) is 0 Å². The summed E-state index contributed by atoms with van der Waals surface area (Å²) in [5, 5.41) is 0. The zero-order valence-electron chi connectivity index (χ0n) is 8.74. The number of rotatable bonds is 2. The molecule has 0 spiro atoms. The zero-order chi connectivity index (χ0) is 14.1. The lowest BCUT2D eigenvalue weighted by Gasteiger charge is -2.17. The van der Waals surface area contributed by atoms with E-state index in [1.807, 2.05) is 0 Å². The molecule has 1 aromatic carbocycles. The molecule has 8 heteroatoms. The van der Waals surface area contributed by atoms with Crippen LogP contribution >= 0.6 is 0 Å². The molecular weight excluding hydrogens is 267 g/mol. The molecule has 2 N–H and O–H groups in total. The smallest absolute Gasteiger partial charge is 0.324 e. The Morgan fingerprint density at radius 1 is 1.06 bits per heavy atom. The lowest BCUT2D eigenvalue weighted by atomic mass is 10.0. The van der Waals surface area contributed by atoms with E-state index in [0.29, 0.717) is 6.07 Å². The number of hydrogen-bond donors (Lipinski definition) is 1. The fourth-order valence-corrected chi connectivity index (χ4v) is 1.41. The standard InChI is InChI=1S/C10H8F7N/c11-8-5(7(18)4-9(12,13)14)2-1-3-6(8)10(15,16)17/h1-3,7H,4,18H2/t7-/m1/s1. The Bertz CT molecular complexity index is 421. The summed E-state index contributed by atoms with van der Waals surface area (Å²) < 4.78 is 86.5. The summed E-state index contributed by atoms with van der Waals surface area (Å²) in [5.41, 5.74) is 2.64. The van der Waals surface area contributed by atoms with Gasteiger partial charge in [-0.1, -0.05) is 12.1 Å². The third-order valence-electron chi connectivity index (χ3n) is 2.18. The molecule has 18 heavy (non-hydrogen) atoms. The Hall–Kier alpha value is -1.31. The van der Waals surface area contributed by atoms with E-state index in [-0.39, 0.29) is 0 Å². The maximum atomic E-state index is 13.4. The Kier molecular flexibility index (Phi) is 3.89. The predicted molar refractivity (Wildman–Crippen MR) is 49.0 cm³/mol. The highest BCUT2D eigenvalue weighted by molar-refractivity contribution is 5.30. The minimum Gasteiger partial charge on any atom is -0.324 e. The third kappa shape index (κ3) is 3.59. The molecule has 0 unspecified atom stereocenters. The van der Waals surface area contributed by atoms with Crippen LogP contribution in [0.15, 0.2) is 18.2 Å². The monoisotopic (exact) mass is 275 g/mol. The van der Waals surface area contributed by atoms with Gasteiger partial charge in [0.25, 0.3) is 0 Å². The van der Waals surface area contributed by atoms with Crippen LogP contribution in [0.3, 0.4) is 0 Å². The van der Waals surface area contributed by atoms with Crippen molar-refractivity contribution in [2.75, 3.05) is 0 Å². The van der Waals surface area contributed by atoms with Crippen LogP contribution in [0.1, 0.15) is 23.6 Å². The lowest BCUT2D eigenvalue weighted by molar-refractivity contribution is -0.140. The molecule has 1 aromatic rings. The van der Waals surface area contributed by atoms with E-state index in [0.717, 1.165) is 12.1 Å². The molecule has 0 aromatic heterocycles. The van der Waals surface area contributed by atoms with Gasteiger partial charge in [-0.05, 0) is 6.07 Å². The Morgan fingerprint density at radius 3 is 2.06 bits per heavy atom. The Labute approximate surface area is 97.4 Å². The molecule has 0 aliphatic heterocycles. The van der Waals surface area contributed by atoms with Crippen molar-refractivity contribution in [3.63, 3.8) is 0 Å². The van der Waals surface area contributed by atoms with Crippen molar-refractivity contribution in [1.82, 2.24) is 0 Å². The van der Waals surface area contributed by atoms with Crippen molar-refractivity contribution in [3.05, 3.63) is 35.1 Å². The van der Waals surface area contributed by atoms with E-state index >= 15 is 0 Å². The van der Waals surface area contributed by atoms with Crippen LogP contribution in [0.2, 0.25) is 0 Å². The first-order valence-corrected chi connectivity index (χ1v) is 4.70. The summed E-state index contributed by atoms with van der Waals surface area (Å²) in [6.07, 6.45) is -11.2. The molecule has 0 saturated carbocycles. The van der Waals surface area contributed by atoms with Gasteiger partial charge in [-0.3, -0.25) is 0 Å². The van der Waals surface area contributed by atoms with Crippen LogP contribution in [0.25, 0.3) is 0 Å². The van der Waals surface area contributed by atoms with Crippen molar-refractivity contribution in [1.29, 1.82) is 0 Å². The van der Waals surface area contributed by atoms with Crippen LogP contribution in [0, 0.1) is 5.82 Å². The summed E-state index contributed by atoms with van der Waals surface area (Å²) in [4.78, 5) is 0. The van der Waals surface area contributed by atoms with E-state index in [1.165, 1.54) is 0 Å². The molecule has 1 nitrogen and oxygen atoms in total. The second-order valence-electron chi connectivity index (χ2n) is 3.63. The van der Waals surface area contributed by atoms with E-state index in [2.05, 4.69) is 0 Å². The Morgan fingerprint density at radius 2 is 1.61 bits per heavy atom. The van der Waals surface area contributed by atoms with Gasteiger partial charge in [0.15, 0.2) is 0 Å². The second-order valence-corrected chi connectivity index (χ2v) is 3.63. The summed E-state index contributed by atoms with van der Waals surface area (Å²) >= 11 is 0. The number of benzene rings is 1. The van der Waals surface area contributed by atoms with Gasteiger partial charge in [-0.15, -0.1) is 0 Å². The fourth-order valence-electron chi connectivity index (χ4n) is 1.41. The SMILES string of the molecule is N[C@H](CC(F)(F)F)c1cccc(C(F)(F)F)c1F. The highest BCUT2D eigenvalue weighted by atomic mass is 19.4. The van der Waals surface area contributed by atoms with Crippen LogP contribution in [0.5, 0.6) is 0 Å². The fraction of sp³-hybridized carbons (Fsp3) is 0.400. The van der Waals surface area contributed by atoms with Gasteiger partial charge in [-0.25, -0.2) is 4.39 Å². The van der Waals surface area contributed by atoms with Gasteiger partial charge in [0.2, 0.25) is 0 Å². The summed E-state index contributed by atoms with van der Waals surface area (Å²) in [6.45, 7) is 0. The van der Waals surface area contributed by atoms with Crippen LogP contribution in [0.4, 0.5) is 30.7 Å². The molecule has 102 valence electrons. The van der Waals surface area contributed by atoms with Crippen LogP contribution in [-0.4, -0.2) is 6.18 Å². The second kappa shape index (κ2) is 4.75. The highest BCUT2D eigenvalue weighted by Gasteiger charge is 2.37. The minimum absolute atomic E-state index is 0.444. The first-order valence-electron chi connectivity index (χ1n) is 4.70. The largest absolute Gasteiger partial charge is 0.419 e. The average Bonchev–Trinajstić information content (AvgIpc) is 2.12. The topological polar surface area (TPSA) is 26.0 Å². The summed E-state index contributed by atoms with van der Waals surface area (Å²) in [6, 6.07) is 0.199. The normalized spacial score (nSPS) is 14.7. The lowest BCUT2D eigenvalue weighted by Crippen LogP contribution is -2.22. The first kappa shape index (κ1) is 14.7. The van der Waals surface area contributed by atoms with Gasteiger partial charge in [-0.2, -0.15) is 26.3 Å². The Balaban J connectivity index is 3.12. The molecule has 0 radical (unpaired) electrons. The highest BCUT2D eigenvalue weighted by Crippen LogP contribution is 2.35. The maximum absolute atomic E-state index is 13.4. The van der Waals surface area contributed by atoms with Crippen molar-refractivity contribution in [2.45, 2.75) is 24.8 Å². The van der Waals surface area contributed by atoms with Gasteiger partial charge in [0.1, 0.15) is 5.82 Å². The van der Waals surface area contributed by atoms with Gasteiger partial charge in [0.05, 0.1) is 12.0 Å². The molecular formula is C10H8F7N. The molecule has 0 saturated heterocycles. The number of halogens is 7. The average molecular weight is 275 g/mol. The molecule has 0 bridgehead atoms. The molecule has 1 rings (SSSR count). The third-order valence-corrected chi connectivity index (χ3v) is 2.18. The van der Waals surface area contributed by atoms with Crippen LogP contribution < -0.4 is 5.73 Å². The van der Waals surface area contributed by atoms with E-state index in [9.17, 15) is 30.7 Å². The number of alkyl halides is 6. The van der Waals surface area contributed by atoms with E-state index in [4.69, 9.17) is 5.73 Å². The van der Waals surface area contributed by atoms with E-state index in [1.54, 1.807) is 0 Å². The van der Waals surface area contributed by atoms with E-state index < -0.39 is 41.8 Å². The van der Waals surface area contributed by atoms with Crippen LogP contribution in [-0.2, 0) is 6.18 Å². The van der Waals surface area contributed by atoms with Gasteiger partial charge < -0.3 is 5.73 Å². The number of nitrogens with two attached hydrogens (primary N) is 1. The van der Waals surface area contributed by atoms with Gasteiger partial charge >= 0.3 is 12.4 Å². The zero-order valence-corrected chi connectivity index (χ0v) is 8.74. The molecule has 0 amide bonds. The molecule has 0 heterocycles. The molecule has 0 aliphatic rings. The summed E-state index contributed by atoms with van der Waals surface area (Å²) in [5.74, 6) is -1.76. The minimum atomic E-state index is -4.97. The molecule has 0 fully saturated rings. The molecule has 1 atom stereocenters. The molecule has 0 aliphatic carbocycles. The quantitative estimate of drug-likeness (QED) is 0.816. The van der Waals surface area contributed by atoms with Crippen molar-refractivity contribution >= 4 is 0 Å².